The topological polar surface area (TPSA) is 60.9 Å². The van der Waals surface area contributed by atoms with Crippen molar-refractivity contribution >= 4 is 27.7 Å². The van der Waals surface area contributed by atoms with Gasteiger partial charge in [-0.3, -0.25) is 0 Å². The molecule has 2 aliphatic rings. The molecule has 0 N–H and O–H groups in total. The van der Waals surface area contributed by atoms with Crippen molar-refractivity contribution in [3.05, 3.63) is 64.7 Å². The largest absolute Gasteiger partial charge is 0.324 e. The van der Waals surface area contributed by atoms with Crippen LogP contribution in [0.2, 0.25) is 5.02 Å². The lowest BCUT2D eigenvalue weighted by Crippen LogP contribution is -2.55. The van der Waals surface area contributed by atoms with Crippen LogP contribution in [0.5, 0.6) is 0 Å². The van der Waals surface area contributed by atoms with Gasteiger partial charge in [-0.25, -0.2) is 22.0 Å². The van der Waals surface area contributed by atoms with Gasteiger partial charge in [-0.1, -0.05) is 18.5 Å². The lowest BCUT2D eigenvalue weighted by Gasteiger charge is -2.41. The van der Waals surface area contributed by atoms with Crippen molar-refractivity contribution in [2.75, 3.05) is 26.2 Å². The van der Waals surface area contributed by atoms with Crippen molar-refractivity contribution in [2.45, 2.75) is 50.1 Å². The second-order valence-corrected chi connectivity index (χ2v) is 11.8. The predicted octanol–water partition coefficient (Wildman–Crippen LogP) is 5.13. The first kappa shape index (κ1) is 25.9. The minimum atomic E-state index is -4.09. The van der Waals surface area contributed by atoms with Crippen LogP contribution in [0.15, 0.2) is 47.4 Å². The van der Waals surface area contributed by atoms with Crippen LogP contribution in [0.3, 0.4) is 0 Å². The first-order valence-electron chi connectivity index (χ1n) is 11.9. The van der Waals surface area contributed by atoms with Gasteiger partial charge in [0.15, 0.2) is 0 Å². The average molecular weight is 526 g/mol. The number of halogens is 3. The van der Waals surface area contributed by atoms with Crippen LogP contribution >= 0.6 is 11.6 Å². The summed E-state index contributed by atoms with van der Waals surface area (Å²) in [6.45, 7) is 3.86. The van der Waals surface area contributed by atoms with Gasteiger partial charge in [0.2, 0.25) is 10.0 Å². The van der Waals surface area contributed by atoms with Gasteiger partial charge in [-0.15, -0.1) is 0 Å². The fourth-order valence-corrected chi connectivity index (χ4v) is 6.66. The second kappa shape index (κ2) is 10.8. The molecule has 0 aromatic heterocycles. The lowest BCUT2D eigenvalue weighted by molar-refractivity contribution is 0.104. The van der Waals surface area contributed by atoms with Crippen molar-refractivity contribution in [1.29, 1.82) is 0 Å². The van der Waals surface area contributed by atoms with Gasteiger partial charge in [-0.05, 0) is 74.1 Å². The van der Waals surface area contributed by atoms with Gasteiger partial charge in [-0.2, -0.15) is 4.31 Å². The lowest BCUT2D eigenvalue weighted by atomic mass is 10.0. The van der Waals surface area contributed by atoms with E-state index in [4.69, 9.17) is 11.6 Å². The minimum absolute atomic E-state index is 0.00650. The molecule has 10 heteroatoms. The van der Waals surface area contributed by atoms with Gasteiger partial charge in [0, 0.05) is 49.4 Å². The molecule has 2 aromatic rings. The summed E-state index contributed by atoms with van der Waals surface area (Å²) < 4.78 is 57.1. The molecule has 2 amide bonds. The van der Waals surface area contributed by atoms with Crippen LogP contribution in [-0.4, -0.2) is 60.8 Å². The molecule has 2 saturated heterocycles. The highest BCUT2D eigenvalue weighted by Gasteiger charge is 2.37. The predicted molar refractivity (Wildman–Crippen MR) is 131 cm³/mol. The van der Waals surface area contributed by atoms with E-state index in [1.807, 2.05) is 4.90 Å². The number of benzene rings is 2. The molecule has 0 spiro atoms. The van der Waals surface area contributed by atoms with Crippen molar-refractivity contribution in [1.82, 2.24) is 14.1 Å². The molecule has 190 valence electrons. The van der Waals surface area contributed by atoms with Crippen LogP contribution in [-0.2, 0) is 16.6 Å². The number of likely N-dealkylation sites (tertiary alicyclic amines) is 2. The summed E-state index contributed by atoms with van der Waals surface area (Å²) in [5.41, 5.74) is -0.0594. The highest BCUT2D eigenvalue weighted by atomic mass is 35.5. The van der Waals surface area contributed by atoms with Gasteiger partial charge in [0.05, 0.1) is 4.90 Å². The molecule has 0 radical (unpaired) electrons. The standard InChI is InChI=1S/C25H30ClF2N3O3S/c1-18-4-2-12-29(15-18)25(32)30-13-3-5-22(17-30)31(16-19-14-21(27)8-11-24(19)28)35(33,34)23-9-6-20(26)7-10-23/h6-11,14,18,22H,2-5,12-13,15-17H2,1H3. The molecule has 2 aliphatic heterocycles. The number of rotatable bonds is 5. The van der Waals surface area contributed by atoms with E-state index in [1.54, 1.807) is 4.90 Å². The summed E-state index contributed by atoms with van der Waals surface area (Å²) in [7, 11) is -4.09. The van der Waals surface area contributed by atoms with Gasteiger partial charge in [0.1, 0.15) is 11.6 Å². The first-order valence-corrected chi connectivity index (χ1v) is 13.7. The summed E-state index contributed by atoms with van der Waals surface area (Å²) in [5, 5.41) is 0.386. The van der Waals surface area contributed by atoms with Gasteiger partial charge >= 0.3 is 6.03 Å². The summed E-state index contributed by atoms with van der Waals surface area (Å²) >= 11 is 5.95. The molecule has 2 aromatic carbocycles. The average Bonchev–Trinajstić information content (AvgIpc) is 2.84. The van der Waals surface area contributed by atoms with E-state index in [0.717, 1.165) is 31.0 Å². The molecular formula is C25H30ClF2N3O3S. The van der Waals surface area contributed by atoms with E-state index in [-0.39, 0.29) is 29.6 Å². The van der Waals surface area contributed by atoms with Crippen molar-refractivity contribution < 1.29 is 22.0 Å². The Hall–Kier alpha value is -2.23. The van der Waals surface area contributed by atoms with E-state index < -0.39 is 27.7 Å². The summed E-state index contributed by atoms with van der Waals surface area (Å²) in [6.07, 6.45) is 3.14. The summed E-state index contributed by atoms with van der Waals surface area (Å²) in [5.74, 6) is -0.912. The maximum Gasteiger partial charge on any atom is 0.320 e. The van der Waals surface area contributed by atoms with E-state index in [1.165, 1.54) is 28.6 Å². The van der Waals surface area contributed by atoms with Crippen molar-refractivity contribution in [3.63, 3.8) is 0 Å². The number of hydrogen-bond donors (Lipinski definition) is 0. The van der Waals surface area contributed by atoms with E-state index in [2.05, 4.69) is 6.92 Å². The Morgan fingerprint density at radius 1 is 1.03 bits per heavy atom. The van der Waals surface area contributed by atoms with E-state index in [0.29, 0.717) is 43.4 Å². The zero-order chi connectivity index (χ0) is 25.2. The van der Waals surface area contributed by atoms with Crippen molar-refractivity contribution in [2.24, 2.45) is 5.92 Å². The second-order valence-electron chi connectivity index (χ2n) is 9.46. The third-order valence-corrected chi connectivity index (χ3v) is 8.92. The van der Waals surface area contributed by atoms with Crippen LogP contribution in [0.4, 0.5) is 13.6 Å². The first-order chi connectivity index (χ1) is 16.6. The Balaban J connectivity index is 1.64. The monoisotopic (exact) mass is 525 g/mol. The van der Waals surface area contributed by atoms with Crippen molar-refractivity contribution in [3.8, 4) is 0 Å². The molecule has 0 bridgehead atoms. The summed E-state index contributed by atoms with van der Waals surface area (Å²) in [6, 6.07) is 8.07. The Kier molecular flexibility index (Phi) is 7.98. The third-order valence-electron chi connectivity index (χ3n) is 6.76. The zero-order valence-electron chi connectivity index (χ0n) is 19.7. The highest BCUT2D eigenvalue weighted by molar-refractivity contribution is 7.89. The minimum Gasteiger partial charge on any atom is -0.324 e. The Bertz CT molecular complexity index is 1160. The Morgan fingerprint density at radius 2 is 1.69 bits per heavy atom. The van der Waals surface area contributed by atoms with Crippen LogP contribution in [0, 0.1) is 17.6 Å². The zero-order valence-corrected chi connectivity index (χ0v) is 21.2. The maximum atomic E-state index is 14.5. The molecule has 2 atom stereocenters. The normalized spacial score (nSPS) is 21.4. The number of amides is 2. The number of urea groups is 1. The molecule has 4 rings (SSSR count). The number of piperidine rings is 2. The van der Waals surface area contributed by atoms with Crippen LogP contribution < -0.4 is 0 Å². The van der Waals surface area contributed by atoms with Gasteiger partial charge < -0.3 is 9.80 Å². The van der Waals surface area contributed by atoms with Gasteiger partial charge in [0.25, 0.3) is 0 Å². The number of nitrogens with zero attached hydrogens (tertiary/aromatic N) is 3. The SMILES string of the molecule is CC1CCCN(C(=O)N2CCCC(N(Cc3cc(F)ccc3F)S(=O)(=O)c3ccc(Cl)cc3)C2)C1. The number of hydrogen-bond acceptors (Lipinski definition) is 3. The van der Waals surface area contributed by atoms with Crippen LogP contribution in [0.25, 0.3) is 0 Å². The van der Waals surface area contributed by atoms with Crippen LogP contribution in [0.1, 0.15) is 38.2 Å². The molecule has 2 heterocycles. The number of carbonyl (C=O) groups is 1. The van der Waals surface area contributed by atoms with E-state index >= 15 is 0 Å². The fraction of sp³-hybridized carbons (Fsp3) is 0.480. The number of sulfonamides is 1. The van der Waals surface area contributed by atoms with E-state index in [9.17, 15) is 22.0 Å². The smallest absolute Gasteiger partial charge is 0.320 e. The Labute approximate surface area is 210 Å². The molecule has 6 nitrogen and oxygen atoms in total. The molecule has 2 fully saturated rings. The molecule has 0 saturated carbocycles. The third kappa shape index (κ3) is 5.95. The molecular weight excluding hydrogens is 496 g/mol. The highest BCUT2D eigenvalue weighted by Crippen LogP contribution is 2.29. The maximum absolute atomic E-state index is 14.5. The summed E-state index contributed by atoms with van der Waals surface area (Å²) in [4.78, 5) is 16.8. The Morgan fingerprint density at radius 3 is 2.37 bits per heavy atom. The quantitative estimate of drug-likeness (QED) is 0.544. The molecule has 2 unspecified atom stereocenters. The fourth-order valence-electron chi connectivity index (χ4n) is 4.91. The molecule has 35 heavy (non-hydrogen) atoms. The number of carbonyl (C=O) groups excluding carboxylic acids is 1. The molecule has 0 aliphatic carbocycles.